The number of anilines is 3. The fraction of sp³-hybridized carbons (Fsp3) is 0.200. The van der Waals surface area contributed by atoms with Crippen molar-refractivity contribution in [2.75, 3.05) is 10.6 Å². The van der Waals surface area contributed by atoms with Crippen LogP contribution >= 0.6 is 0 Å². The maximum absolute atomic E-state index is 9.64. The lowest BCUT2D eigenvalue weighted by Crippen LogP contribution is -2.16. The van der Waals surface area contributed by atoms with Crippen LogP contribution in [0.2, 0.25) is 0 Å². The molecular weight excluding hydrogens is 312 g/mol. The maximum Gasteiger partial charge on any atom is 0.225 e. The summed E-state index contributed by atoms with van der Waals surface area (Å²) in [5.41, 5.74) is 2.63. The lowest BCUT2D eigenvalue weighted by Gasteiger charge is -2.14. The summed E-state index contributed by atoms with van der Waals surface area (Å²) in [5, 5.41) is 16.2. The van der Waals surface area contributed by atoms with Crippen molar-refractivity contribution in [3.63, 3.8) is 0 Å². The van der Waals surface area contributed by atoms with Gasteiger partial charge in [0.25, 0.3) is 0 Å². The van der Waals surface area contributed by atoms with Crippen molar-refractivity contribution in [3.05, 3.63) is 60.7 Å². The summed E-state index contributed by atoms with van der Waals surface area (Å²) >= 11 is 0. The van der Waals surface area contributed by atoms with Gasteiger partial charge in [-0.15, -0.1) is 0 Å². The third kappa shape index (κ3) is 4.47. The molecule has 1 heterocycles. The number of nitrogens with zero attached hydrogens (tertiary/aromatic N) is 2. The predicted octanol–water partition coefficient (Wildman–Crippen LogP) is 4.80. The predicted molar refractivity (Wildman–Crippen MR) is 102 cm³/mol. The Bertz CT molecular complexity index is 836. The molecule has 1 atom stereocenters. The standard InChI is InChI=1S/C20H22N4O/c1-3-14(2)21-20-23-18(15-8-5-4-6-9-15)13-19(24-20)22-16-10-7-11-17(25)12-16/h4-14,25H,3H2,1-2H3,(H2,21,22,23,24)/t14-/m0/s1. The minimum Gasteiger partial charge on any atom is -0.508 e. The van der Waals surface area contributed by atoms with Gasteiger partial charge in [-0.05, 0) is 25.5 Å². The number of hydrogen-bond donors (Lipinski definition) is 3. The highest BCUT2D eigenvalue weighted by atomic mass is 16.3. The number of aromatic nitrogens is 2. The molecule has 0 aliphatic heterocycles. The van der Waals surface area contributed by atoms with Gasteiger partial charge in [0.05, 0.1) is 5.69 Å². The molecule has 2 aromatic carbocycles. The summed E-state index contributed by atoms with van der Waals surface area (Å²) in [6, 6.07) is 19.1. The number of aromatic hydroxyl groups is 1. The van der Waals surface area contributed by atoms with E-state index in [2.05, 4.69) is 34.4 Å². The summed E-state index contributed by atoms with van der Waals surface area (Å²) in [4.78, 5) is 9.20. The van der Waals surface area contributed by atoms with E-state index in [1.807, 2.05) is 42.5 Å². The van der Waals surface area contributed by atoms with E-state index < -0.39 is 0 Å². The highest BCUT2D eigenvalue weighted by Crippen LogP contribution is 2.25. The van der Waals surface area contributed by atoms with Crippen LogP contribution in [-0.4, -0.2) is 21.1 Å². The number of benzene rings is 2. The van der Waals surface area contributed by atoms with Crippen molar-refractivity contribution in [1.82, 2.24) is 9.97 Å². The van der Waals surface area contributed by atoms with Gasteiger partial charge < -0.3 is 15.7 Å². The van der Waals surface area contributed by atoms with Crippen molar-refractivity contribution in [2.45, 2.75) is 26.3 Å². The molecule has 0 aliphatic carbocycles. The Morgan fingerprint density at radius 3 is 2.52 bits per heavy atom. The topological polar surface area (TPSA) is 70.1 Å². The molecule has 5 nitrogen and oxygen atoms in total. The van der Waals surface area contributed by atoms with Crippen LogP contribution in [0.5, 0.6) is 5.75 Å². The van der Waals surface area contributed by atoms with E-state index in [4.69, 9.17) is 0 Å². The van der Waals surface area contributed by atoms with Gasteiger partial charge in [0.2, 0.25) is 5.95 Å². The fourth-order valence-corrected chi connectivity index (χ4v) is 2.39. The molecule has 128 valence electrons. The van der Waals surface area contributed by atoms with Crippen LogP contribution in [0.1, 0.15) is 20.3 Å². The summed E-state index contributed by atoms with van der Waals surface area (Å²) in [6.45, 7) is 4.21. The Morgan fingerprint density at radius 1 is 1.00 bits per heavy atom. The molecule has 0 unspecified atom stereocenters. The van der Waals surface area contributed by atoms with Crippen LogP contribution in [-0.2, 0) is 0 Å². The number of phenolic OH excluding ortho intramolecular Hbond substituents is 1. The smallest absolute Gasteiger partial charge is 0.225 e. The zero-order chi connectivity index (χ0) is 17.6. The SMILES string of the molecule is CC[C@H](C)Nc1nc(Nc2cccc(O)c2)cc(-c2ccccc2)n1. The number of nitrogens with one attached hydrogen (secondary N) is 2. The first-order chi connectivity index (χ1) is 12.1. The van der Waals surface area contributed by atoms with Gasteiger partial charge in [-0.1, -0.05) is 43.3 Å². The number of phenols is 1. The Hall–Kier alpha value is -3.08. The zero-order valence-corrected chi connectivity index (χ0v) is 14.4. The molecule has 0 bridgehead atoms. The molecule has 0 fully saturated rings. The first-order valence-electron chi connectivity index (χ1n) is 8.41. The molecule has 3 rings (SSSR count). The third-order valence-corrected chi connectivity index (χ3v) is 3.90. The second kappa shape index (κ2) is 7.66. The second-order valence-electron chi connectivity index (χ2n) is 5.96. The van der Waals surface area contributed by atoms with Crippen LogP contribution in [0, 0.1) is 0 Å². The molecule has 0 radical (unpaired) electrons. The van der Waals surface area contributed by atoms with Gasteiger partial charge in [0.15, 0.2) is 0 Å². The molecule has 1 aromatic heterocycles. The highest BCUT2D eigenvalue weighted by Gasteiger charge is 2.09. The van der Waals surface area contributed by atoms with E-state index in [0.29, 0.717) is 11.8 Å². The van der Waals surface area contributed by atoms with Crippen molar-refractivity contribution >= 4 is 17.5 Å². The maximum atomic E-state index is 9.64. The van der Waals surface area contributed by atoms with Crippen LogP contribution in [0.25, 0.3) is 11.3 Å². The molecule has 0 saturated heterocycles. The van der Waals surface area contributed by atoms with Crippen molar-refractivity contribution in [1.29, 1.82) is 0 Å². The molecule has 0 aliphatic rings. The van der Waals surface area contributed by atoms with Gasteiger partial charge in [-0.3, -0.25) is 0 Å². The first-order valence-corrected chi connectivity index (χ1v) is 8.41. The Labute approximate surface area is 147 Å². The lowest BCUT2D eigenvalue weighted by atomic mass is 10.1. The monoisotopic (exact) mass is 334 g/mol. The minimum atomic E-state index is 0.209. The zero-order valence-electron chi connectivity index (χ0n) is 14.4. The molecule has 0 saturated carbocycles. The first kappa shape index (κ1) is 16.8. The van der Waals surface area contributed by atoms with Crippen LogP contribution in [0.4, 0.5) is 17.5 Å². The Morgan fingerprint density at radius 2 is 1.80 bits per heavy atom. The van der Waals surface area contributed by atoms with E-state index in [1.54, 1.807) is 18.2 Å². The molecule has 25 heavy (non-hydrogen) atoms. The van der Waals surface area contributed by atoms with E-state index >= 15 is 0 Å². The Balaban J connectivity index is 1.97. The van der Waals surface area contributed by atoms with E-state index in [0.717, 1.165) is 23.4 Å². The fourth-order valence-electron chi connectivity index (χ4n) is 2.39. The normalized spacial score (nSPS) is 11.8. The summed E-state index contributed by atoms with van der Waals surface area (Å²) < 4.78 is 0. The average molecular weight is 334 g/mol. The van der Waals surface area contributed by atoms with Gasteiger partial charge in [0, 0.05) is 29.4 Å². The van der Waals surface area contributed by atoms with E-state index in [-0.39, 0.29) is 11.8 Å². The van der Waals surface area contributed by atoms with Crippen molar-refractivity contribution in [2.24, 2.45) is 0 Å². The van der Waals surface area contributed by atoms with Crippen LogP contribution < -0.4 is 10.6 Å². The van der Waals surface area contributed by atoms with Crippen LogP contribution in [0.15, 0.2) is 60.7 Å². The Kier molecular flexibility index (Phi) is 5.14. The van der Waals surface area contributed by atoms with Gasteiger partial charge in [0.1, 0.15) is 11.6 Å². The highest BCUT2D eigenvalue weighted by molar-refractivity contribution is 5.67. The molecule has 0 amide bonds. The molecular formula is C20H22N4O. The van der Waals surface area contributed by atoms with Gasteiger partial charge >= 0.3 is 0 Å². The van der Waals surface area contributed by atoms with Crippen LogP contribution in [0.3, 0.4) is 0 Å². The largest absolute Gasteiger partial charge is 0.508 e. The van der Waals surface area contributed by atoms with Gasteiger partial charge in [-0.2, -0.15) is 4.98 Å². The van der Waals surface area contributed by atoms with E-state index in [1.165, 1.54) is 0 Å². The van der Waals surface area contributed by atoms with Crippen molar-refractivity contribution in [3.8, 4) is 17.0 Å². The summed E-state index contributed by atoms with van der Waals surface area (Å²) in [6.07, 6.45) is 0.980. The molecule has 5 heteroatoms. The average Bonchev–Trinajstić information content (AvgIpc) is 2.62. The third-order valence-electron chi connectivity index (χ3n) is 3.90. The minimum absolute atomic E-state index is 0.209. The lowest BCUT2D eigenvalue weighted by molar-refractivity contribution is 0.475. The second-order valence-corrected chi connectivity index (χ2v) is 5.96. The summed E-state index contributed by atoms with van der Waals surface area (Å²) in [5.74, 6) is 1.46. The van der Waals surface area contributed by atoms with Crippen molar-refractivity contribution < 1.29 is 5.11 Å². The molecule has 3 aromatic rings. The molecule has 0 spiro atoms. The quantitative estimate of drug-likeness (QED) is 0.604. The molecule has 3 N–H and O–H groups in total. The van der Waals surface area contributed by atoms with Gasteiger partial charge in [-0.25, -0.2) is 4.98 Å². The summed E-state index contributed by atoms with van der Waals surface area (Å²) in [7, 11) is 0. The van der Waals surface area contributed by atoms with E-state index in [9.17, 15) is 5.11 Å². The number of rotatable bonds is 6. The number of hydrogen-bond acceptors (Lipinski definition) is 5.